The van der Waals surface area contributed by atoms with Crippen molar-refractivity contribution in [3.63, 3.8) is 0 Å². The fourth-order valence-corrected chi connectivity index (χ4v) is 2.07. The maximum Gasteiger partial charge on any atom is 0.587 e. The number of aromatic nitrogens is 2. The van der Waals surface area contributed by atoms with E-state index in [2.05, 4.69) is 15.1 Å². The summed E-state index contributed by atoms with van der Waals surface area (Å²) < 4.78 is 14.8. The minimum Gasteiger partial charge on any atom is -0.316 e. The van der Waals surface area contributed by atoms with E-state index >= 15 is 0 Å². The monoisotopic (exact) mass is 227 g/mol. The zero-order valence-electron chi connectivity index (χ0n) is 8.48. The third-order valence-corrected chi connectivity index (χ3v) is 2.89. The molecule has 0 aliphatic carbocycles. The molecule has 0 unspecified atom stereocenters. The van der Waals surface area contributed by atoms with Gasteiger partial charge in [-0.25, -0.2) is 0 Å². The molecule has 82 valence electrons. The standard InChI is InChI=1S/C9H15N4OS/c14-15-12-5-9-4-11-13(7-9)6-8-1-2-10-3-8/h4,7-8,10H,1-3,5-6H2,(H,12,14)/q+1/t8-/m0/s1. The van der Waals surface area contributed by atoms with E-state index in [1.807, 2.05) is 17.1 Å². The zero-order chi connectivity index (χ0) is 10.5. The smallest absolute Gasteiger partial charge is 0.316 e. The predicted octanol–water partition coefficient (Wildman–Crippen LogP) is -0.0747. The van der Waals surface area contributed by atoms with Gasteiger partial charge in [-0.3, -0.25) is 4.68 Å². The lowest BCUT2D eigenvalue weighted by Crippen LogP contribution is -2.14. The summed E-state index contributed by atoms with van der Waals surface area (Å²) >= 11 is 0.392. The molecular formula is C9H15N4OS+. The lowest BCUT2D eigenvalue weighted by molar-refractivity contribution is 0.449. The number of nitrogens with zero attached hydrogens (tertiary/aromatic N) is 2. The molecular weight excluding hydrogens is 212 g/mol. The van der Waals surface area contributed by atoms with Crippen LogP contribution in [0.2, 0.25) is 0 Å². The summed E-state index contributed by atoms with van der Waals surface area (Å²) in [5.74, 6) is 0.694. The summed E-state index contributed by atoms with van der Waals surface area (Å²) in [5, 5.41) is 7.61. The molecule has 2 N–H and O–H groups in total. The van der Waals surface area contributed by atoms with E-state index in [1.54, 1.807) is 0 Å². The second-order valence-electron chi connectivity index (χ2n) is 3.83. The minimum atomic E-state index is 0.392. The van der Waals surface area contributed by atoms with E-state index in [4.69, 9.17) is 0 Å². The largest absolute Gasteiger partial charge is 0.587 e. The highest BCUT2D eigenvalue weighted by atomic mass is 32.2. The third kappa shape index (κ3) is 3.05. The molecule has 0 spiro atoms. The summed E-state index contributed by atoms with van der Waals surface area (Å²) in [6, 6.07) is 0. The Kier molecular flexibility index (Phi) is 3.76. The summed E-state index contributed by atoms with van der Waals surface area (Å²) in [4.78, 5) is 0. The van der Waals surface area contributed by atoms with Crippen LogP contribution in [0.25, 0.3) is 0 Å². The fourth-order valence-electron chi connectivity index (χ4n) is 1.85. The molecule has 0 amide bonds. The lowest BCUT2D eigenvalue weighted by atomic mass is 10.1. The van der Waals surface area contributed by atoms with Crippen LogP contribution in [0.3, 0.4) is 0 Å². The zero-order valence-corrected chi connectivity index (χ0v) is 9.30. The normalized spacial score (nSPS) is 20.7. The molecule has 0 saturated carbocycles. The average Bonchev–Trinajstić information content (AvgIpc) is 2.87. The summed E-state index contributed by atoms with van der Waals surface area (Å²) in [5.41, 5.74) is 1.06. The second-order valence-corrected chi connectivity index (χ2v) is 4.29. The third-order valence-electron chi connectivity index (χ3n) is 2.63. The Morgan fingerprint density at radius 2 is 2.67 bits per heavy atom. The Balaban J connectivity index is 1.85. The van der Waals surface area contributed by atoms with Crippen LogP contribution >= 0.6 is 0 Å². The Hall–Kier alpha value is -0.850. The predicted molar refractivity (Wildman–Crippen MR) is 58.1 cm³/mol. The molecule has 5 nitrogen and oxygen atoms in total. The van der Waals surface area contributed by atoms with Gasteiger partial charge >= 0.3 is 11.9 Å². The first-order chi connectivity index (χ1) is 7.38. The van der Waals surface area contributed by atoms with Crippen molar-refractivity contribution >= 4 is 11.9 Å². The van der Waals surface area contributed by atoms with Gasteiger partial charge in [0.25, 0.3) is 0 Å². The molecule has 0 bridgehead atoms. The average molecular weight is 227 g/mol. The molecule has 2 rings (SSSR count). The van der Waals surface area contributed by atoms with Crippen molar-refractivity contribution in [2.45, 2.75) is 19.5 Å². The maximum atomic E-state index is 10.2. The van der Waals surface area contributed by atoms with E-state index in [-0.39, 0.29) is 0 Å². The highest BCUT2D eigenvalue weighted by molar-refractivity contribution is 7.63. The van der Waals surface area contributed by atoms with E-state index in [1.165, 1.54) is 6.42 Å². The molecule has 0 radical (unpaired) electrons. The van der Waals surface area contributed by atoms with Gasteiger partial charge in [0.15, 0.2) is 0 Å². The van der Waals surface area contributed by atoms with E-state index in [0.717, 1.165) is 25.2 Å². The maximum absolute atomic E-state index is 10.2. The molecule has 1 aliphatic heterocycles. The molecule has 1 atom stereocenters. The molecule has 2 heterocycles. The van der Waals surface area contributed by atoms with Crippen molar-refractivity contribution in [3.8, 4) is 0 Å². The highest BCUT2D eigenvalue weighted by Crippen LogP contribution is 2.10. The van der Waals surface area contributed by atoms with E-state index in [0.29, 0.717) is 24.3 Å². The Labute approximate surface area is 92.9 Å². The molecule has 1 aromatic rings. The first-order valence-corrected chi connectivity index (χ1v) is 5.86. The van der Waals surface area contributed by atoms with Crippen molar-refractivity contribution in [1.82, 2.24) is 19.8 Å². The second kappa shape index (κ2) is 5.29. The molecule has 1 saturated heterocycles. The Bertz CT molecular complexity index is 322. The fraction of sp³-hybridized carbons (Fsp3) is 0.667. The first-order valence-electron chi connectivity index (χ1n) is 5.12. The number of rotatable bonds is 5. The molecule has 1 aromatic heterocycles. The van der Waals surface area contributed by atoms with Gasteiger partial charge in [-0.1, -0.05) is 0 Å². The molecule has 1 fully saturated rings. The molecule has 6 heteroatoms. The van der Waals surface area contributed by atoms with Gasteiger partial charge in [-0.15, -0.1) is 0 Å². The van der Waals surface area contributed by atoms with Crippen LogP contribution in [0.15, 0.2) is 12.4 Å². The quantitative estimate of drug-likeness (QED) is 0.546. The van der Waals surface area contributed by atoms with Gasteiger partial charge in [0.1, 0.15) is 0 Å². The Morgan fingerprint density at radius 3 is 3.40 bits per heavy atom. The summed E-state index contributed by atoms with van der Waals surface area (Å²) in [6.45, 7) is 3.76. The summed E-state index contributed by atoms with van der Waals surface area (Å²) in [6.07, 6.45) is 5.04. The van der Waals surface area contributed by atoms with Crippen LogP contribution < -0.4 is 10.0 Å². The van der Waals surface area contributed by atoms with Crippen LogP contribution in [0.5, 0.6) is 0 Å². The molecule has 0 aromatic carbocycles. The van der Waals surface area contributed by atoms with Crippen molar-refractivity contribution in [3.05, 3.63) is 18.0 Å². The van der Waals surface area contributed by atoms with Gasteiger partial charge in [-0.2, -0.15) is 5.10 Å². The van der Waals surface area contributed by atoms with Gasteiger partial charge in [0.05, 0.1) is 17.0 Å². The van der Waals surface area contributed by atoms with Crippen molar-refractivity contribution < 1.29 is 4.21 Å². The summed E-state index contributed by atoms with van der Waals surface area (Å²) in [7, 11) is 0. The number of nitrogens with one attached hydrogen (secondary N) is 2. The number of hydrogen-bond donors (Lipinski definition) is 2. The highest BCUT2D eigenvalue weighted by Gasteiger charge is 2.15. The molecule has 15 heavy (non-hydrogen) atoms. The van der Waals surface area contributed by atoms with Crippen molar-refractivity contribution in [2.24, 2.45) is 5.92 Å². The minimum absolute atomic E-state index is 0.392. The number of hydrogen-bond acceptors (Lipinski definition) is 3. The Morgan fingerprint density at radius 1 is 1.73 bits per heavy atom. The van der Waals surface area contributed by atoms with Gasteiger partial charge < -0.3 is 5.32 Å². The van der Waals surface area contributed by atoms with Crippen LogP contribution in [0.4, 0.5) is 0 Å². The van der Waals surface area contributed by atoms with Gasteiger partial charge in [0.2, 0.25) is 0 Å². The lowest BCUT2D eigenvalue weighted by Gasteiger charge is -2.07. The SMILES string of the molecule is O=[S+]NCc1cnn(C[C@H]2CCNC2)c1. The van der Waals surface area contributed by atoms with Gasteiger partial charge in [-0.05, 0) is 30.2 Å². The van der Waals surface area contributed by atoms with Crippen LogP contribution in [-0.4, -0.2) is 22.9 Å². The van der Waals surface area contributed by atoms with Crippen LogP contribution in [0.1, 0.15) is 12.0 Å². The first kappa shape index (κ1) is 10.7. The van der Waals surface area contributed by atoms with Crippen molar-refractivity contribution in [1.29, 1.82) is 0 Å². The van der Waals surface area contributed by atoms with Crippen LogP contribution in [-0.2, 0) is 29.2 Å². The topological polar surface area (TPSA) is 59.0 Å². The van der Waals surface area contributed by atoms with Crippen molar-refractivity contribution in [2.75, 3.05) is 13.1 Å². The van der Waals surface area contributed by atoms with E-state index < -0.39 is 0 Å². The molecule has 1 aliphatic rings. The van der Waals surface area contributed by atoms with Crippen LogP contribution in [0, 0.1) is 5.92 Å². The van der Waals surface area contributed by atoms with Gasteiger partial charge in [0, 0.05) is 18.3 Å². The van der Waals surface area contributed by atoms with E-state index in [9.17, 15) is 4.21 Å².